The van der Waals surface area contributed by atoms with Crippen molar-refractivity contribution in [3.8, 4) is 0 Å². The summed E-state index contributed by atoms with van der Waals surface area (Å²) in [5.41, 5.74) is 0.707. The van der Waals surface area contributed by atoms with Crippen LogP contribution in [-0.2, 0) is 22.0 Å². The number of aromatic nitrogens is 1. The number of anilines is 1. The van der Waals surface area contributed by atoms with Gasteiger partial charge in [0, 0.05) is 15.7 Å². The first-order chi connectivity index (χ1) is 9.63. The maximum absolute atomic E-state index is 12.4. The van der Waals surface area contributed by atoms with Gasteiger partial charge in [-0.2, -0.15) is 0 Å². The van der Waals surface area contributed by atoms with Crippen LogP contribution in [-0.4, -0.2) is 18.5 Å². The summed E-state index contributed by atoms with van der Waals surface area (Å²) in [5, 5.41) is 11.3. The number of halogens is 1. The molecule has 0 unspecified atom stereocenters. The van der Waals surface area contributed by atoms with Crippen molar-refractivity contribution in [2.24, 2.45) is 0 Å². The zero-order valence-electron chi connectivity index (χ0n) is 11.7. The van der Waals surface area contributed by atoms with Gasteiger partial charge in [-0.25, -0.2) is 13.4 Å². The highest BCUT2D eigenvalue weighted by Crippen LogP contribution is 2.34. The van der Waals surface area contributed by atoms with Gasteiger partial charge in [0.15, 0.2) is 5.13 Å². The summed E-state index contributed by atoms with van der Waals surface area (Å²) in [6.45, 7) is 5.86. The number of rotatable bonds is 4. The number of nitrogens with zero attached hydrogens (tertiary/aromatic N) is 1. The first kappa shape index (κ1) is 16.9. The lowest BCUT2D eigenvalue weighted by Gasteiger charge is -2.14. The van der Waals surface area contributed by atoms with Crippen LogP contribution in [0.4, 0.5) is 5.13 Å². The van der Waals surface area contributed by atoms with Gasteiger partial charge in [-0.3, -0.25) is 4.72 Å². The SMILES string of the molecule is CC(C)(C)c1csc(NS(=O)(=O)c2cc(CO)sc2Br)n1. The molecule has 0 fully saturated rings. The van der Waals surface area contributed by atoms with Gasteiger partial charge in [0.1, 0.15) is 4.90 Å². The van der Waals surface area contributed by atoms with Gasteiger partial charge in [-0.1, -0.05) is 20.8 Å². The van der Waals surface area contributed by atoms with Gasteiger partial charge in [0.05, 0.1) is 16.1 Å². The zero-order chi connectivity index (χ0) is 15.8. The van der Waals surface area contributed by atoms with E-state index in [-0.39, 0.29) is 16.9 Å². The van der Waals surface area contributed by atoms with E-state index < -0.39 is 10.0 Å². The molecule has 2 N–H and O–H groups in total. The predicted octanol–water partition coefficient (Wildman–Crippen LogP) is 3.56. The van der Waals surface area contributed by atoms with E-state index in [1.165, 1.54) is 28.7 Å². The lowest BCUT2D eigenvalue weighted by molar-refractivity contribution is 0.285. The fraction of sp³-hybridized carbons (Fsp3) is 0.417. The second-order valence-corrected chi connectivity index (χ2v) is 10.4. The Balaban J connectivity index is 2.29. The van der Waals surface area contributed by atoms with E-state index in [2.05, 4.69) is 25.6 Å². The number of nitrogens with one attached hydrogen (secondary N) is 1. The molecule has 0 aliphatic rings. The van der Waals surface area contributed by atoms with Crippen molar-refractivity contribution in [1.82, 2.24) is 4.98 Å². The van der Waals surface area contributed by atoms with Crippen molar-refractivity contribution in [2.75, 3.05) is 4.72 Å². The minimum Gasteiger partial charge on any atom is -0.391 e. The third kappa shape index (κ3) is 3.84. The lowest BCUT2D eigenvalue weighted by atomic mass is 9.93. The molecule has 21 heavy (non-hydrogen) atoms. The van der Waals surface area contributed by atoms with Crippen LogP contribution in [0.3, 0.4) is 0 Å². The summed E-state index contributed by atoms with van der Waals surface area (Å²) >= 11 is 5.66. The molecule has 5 nitrogen and oxygen atoms in total. The molecule has 0 saturated carbocycles. The van der Waals surface area contributed by atoms with Crippen molar-refractivity contribution in [3.63, 3.8) is 0 Å². The standard InChI is InChI=1S/C12H15BrN2O3S3/c1-12(2,3)9-6-19-11(14-9)15-21(17,18)8-4-7(5-16)20-10(8)13/h4,6,16H,5H2,1-3H3,(H,14,15). The molecule has 2 aromatic rings. The minimum atomic E-state index is -3.72. The Morgan fingerprint density at radius 2 is 2.10 bits per heavy atom. The van der Waals surface area contributed by atoms with Crippen LogP contribution >= 0.6 is 38.6 Å². The summed E-state index contributed by atoms with van der Waals surface area (Å²) in [6.07, 6.45) is 0. The second kappa shape index (κ2) is 5.96. The Morgan fingerprint density at radius 3 is 2.57 bits per heavy atom. The number of aliphatic hydroxyl groups excluding tert-OH is 1. The summed E-state index contributed by atoms with van der Waals surface area (Å²) in [5.74, 6) is 0. The van der Waals surface area contributed by atoms with E-state index >= 15 is 0 Å². The molecule has 0 atom stereocenters. The summed E-state index contributed by atoms with van der Waals surface area (Å²) in [7, 11) is -3.72. The highest BCUT2D eigenvalue weighted by Gasteiger charge is 2.24. The summed E-state index contributed by atoms with van der Waals surface area (Å²) < 4.78 is 27.7. The third-order valence-corrected chi connectivity index (χ3v) is 7.11. The van der Waals surface area contributed by atoms with Gasteiger partial charge in [-0.05, 0) is 22.0 Å². The van der Waals surface area contributed by atoms with E-state index in [9.17, 15) is 8.42 Å². The molecule has 2 heterocycles. The van der Waals surface area contributed by atoms with Crippen LogP contribution in [0.25, 0.3) is 0 Å². The van der Waals surface area contributed by atoms with Crippen LogP contribution in [0.1, 0.15) is 31.3 Å². The van der Waals surface area contributed by atoms with Gasteiger partial charge in [0.2, 0.25) is 0 Å². The number of thiophene rings is 1. The van der Waals surface area contributed by atoms with E-state index in [1.807, 2.05) is 26.2 Å². The van der Waals surface area contributed by atoms with E-state index in [0.717, 1.165) is 5.69 Å². The molecule has 2 rings (SSSR count). The molecule has 0 saturated heterocycles. The molecule has 9 heteroatoms. The van der Waals surface area contributed by atoms with Crippen molar-refractivity contribution in [1.29, 1.82) is 0 Å². The average molecular weight is 411 g/mol. The molecule has 0 amide bonds. The maximum atomic E-state index is 12.4. The van der Waals surface area contributed by atoms with Gasteiger partial charge in [0.25, 0.3) is 10.0 Å². The van der Waals surface area contributed by atoms with E-state index in [4.69, 9.17) is 5.11 Å². The van der Waals surface area contributed by atoms with Crippen molar-refractivity contribution in [2.45, 2.75) is 37.7 Å². The molecule has 116 valence electrons. The minimum absolute atomic E-state index is 0.115. The summed E-state index contributed by atoms with van der Waals surface area (Å²) in [4.78, 5) is 5.01. The maximum Gasteiger partial charge on any atom is 0.265 e. The Bertz CT molecular complexity index is 744. The largest absolute Gasteiger partial charge is 0.391 e. The van der Waals surface area contributed by atoms with Crippen molar-refractivity contribution in [3.05, 3.63) is 25.8 Å². The Labute approximate surface area is 140 Å². The molecular weight excluding hydrogens is 396 g/mol. The zero-order valence-corrected chi connectivity index (χ0v) is 15.7. The highest BCUT2D eigenvalue weighted by molar-refractivity contribution is 9.11. The number of hydrogen-bond donors (Lipinski definition) is 2. The van der Waals surface area contributed by atoms with Crippen LogP contribution in [0.2, 0.25) is 0 Å². The van der Waals surface area contributed by atoms with Crippen LogP contribution in [0.5, 0.6) is 0 Å². The Morgan fingerprint density at radius 1 is 1.43 bits per heavy atom. The highest BCUT2D eigenvalue weighted by atomic mass is 79.9. The molecule has 0 aliphatic heterocycles. The first-order valence-electron chi connectivity index (χ1n) is 6.01. The normalized spacial score (nSPS) is 12.6. The van der Waals surface area contributed by atoms with Crippen molar-refractivity contribution < 1.29 is 13.5 Å². The first-order valence-corrected chi connectivity index (χ1v) is 9.98. The van der Waals surface area contributed by atoms with Crippen molar-refractivity contribution >= 4 is 53.8 Å². The molecule has 0 radical (unpaired) electrons. The predicted molar refractivity (Wildman–Crippen MR) is 89.6 cm³/mol. The lowest BCUT2D eigenvalue weighted by Crippen LogP contribution is -2.14. The van der Waals surface area contributed by atoms with Crippen LogP contribution in [0, 0.1) is 0 Å². The van der Waals surface area contributed by atoms with Crippen LogP contribution in [0.15, 0.2) is 20.1 Å². The average Bonchev–Trinajstić information content (AvgIpc) is 2.94. The van der Waals surface area contributed by atoms with E-state index in [0.29, 0.717) is 13.8 Å². The molecule has 0 aromatic carbocycles. The molecular formula is C12H15BrN2O3S3. The number of aliphatic hydroxyl groups is 1. The number of hydrogen-bond acceptors (Lipinski definition) is 6. The van der Waals surface area contributed by atoms with Gasteiger partial charge >= 0.3 is 0 Å². The van der Waals surface area contributed by atoms with Gasteiger partial charge < -0.3 is 5.11 Å². The molecule has 0 aliphatic carbocycles. The Hall–Kier alpha value is -0.480. The second-order valence-electron chi connectivity index (χ2n) is 5.40. The topological polar surface area (TPSA) is 79.3 Å². The molecule has 0 spiro atoms. The van der Waals surface area contributed by atoms with Crippen LogP contribution < -0.4 is 4.72 Å². The number of sulfonamides is 1. The summed E-state index contributed by atoms with van der Waals surface area (Å²) in [6, 6.07) is 1.45. The van der Waals surface area contributed by atoms with E-state index in [1.54, 1.807) is 0 Å². The fourth-order valence-corrected chi connectivity index (χ4v) is 6.23. The smallest absolute Gasteiger partial charge is 0.265 e. The fourth-order valence-electron chi connectivity index (χ4n) is 1.49. The molecule has 2 aromatic heterocycles. The molecule has 0 bridgehead atoms. The van der Waals surface area contributed by atoms with Gasteiger partial charge in [-0.15, -0.1) is 22.7 Å². The third-order valence-electron chi connectivity index (χ3n) is 2.65. The quantitative estimate of drug-likeness (QED) is 0.807. The number of thiazole rings is 1. The monoisotopic (exact) mass is 410 g/mol. The Kier molecular flexibility index (Phi) is 4.79.